The van der Waals surface area contributed by atoms with E-state index in [0.29, 0.717) is 23.4 Å². The summed E-state index contributed by atoms with van der Waals surface area (Å²) in [6, 6.07) is 4.13. The third-order valence-electron chi connectivity index (χ3n) is 2.55. The van der Waals surface area contributed by atoms with Crippen LogP contribution < -0.4 is 10.1 Å². The van der Waals surface area contributed by atoms with Crippen molar-refractivity contribution in [2.24, 2.45) is 0 Å². The summed E-state index contributed by atoms with van der Waals surface area (Å²) in [5.74, 6) is -0.327. The van der Waals surface area contributed by atoms with Gasteiger partial charge in [0, 0.05) is 12.7 Å². The minimum Gasteiger partial charge on any atom is -0.482 e. The van der Waals surface area contributed by atoms with Crippen LogP contribution in [0.3, 0.4) is 0 Å². The number of nitrogens with one attached hydrogen (secondary N) is 1. The minimum atomic E-state index is -0.405. The Morgan fingerprint density at radius 3 is 3.17 bits per heavy atom. The lowest BCUT2D eigenvalue weighted by molar-refractivity contribution is -0.123. The van der Waals surface area contributed by atoms with Gasteiger partial charge in [0.15, 0.2) is 6.61 Å². The van der Waals surface area contributed by atoms with Crippen LogP contribution in [-0.4, -0.2) is 31.8 Å². The van der Waals surface area contributed by atoms with E-state index in [1.807, 2.05) is 0 Å². The molecule has 18 heavy (non-hydrogen) atoms. The first-order valence-electron chi connectivity index (χ1n) is 5.60. The zero-order valence-electron chi connectivity index (χ0n) is 9.62. The number of benzene rings is 1. The monoisotopic (exact) mass is 317 g/mol. The van der Waals surface area contributed by atoms with Gasteiger partial charge < -0.3 is 14.8 Å². The van der Waals surface area contributed by atoms with E-state index >= 15 is 0 Å². The maximum Gasteiger partial charge on any atom is 0.258 e. The molecule has 1 amide bonds. The van der Waals surface area contributed by atoms with Crippen LogP contribution in [0.25, 0.3) is 0 Å². The molecule has 6 heteroatoms. The lowest BCUT2D eigenvalue weighted by Crippen LogP contribution is -2.38. The molecule has 0 aliphatic carbocycles. The van der Waals surface area contributed by atoms with Gasteiger partial charge >= 0.3 is 0 Å². The van der Waals surface area contributed by atoms with E-state index in [1.54, 1.807) is 0 Å². The predicted octanol–water partition coefficient (Wildman–Crippen LogP) is 1.87. The van der Waals surface area contributed by atoms with Crippen molar-refractivity contribution in [2.75, 3.05) is 19.8 Å². The molecule has 0 bridgehead atoms. The largest absolute Gasteiger partial charge is 0.482 e. The molecule has 1 aromatic carbocycles. The molecular formula is C12H13BrFNO3. The molecule has 0 spiro atoms. The Bertz CT molecular complexity index is 435. The Kier molecular flexibility index (Phi) is 4.54. The molecule has 98 valence electrons. The van der Waals surface area contributed by atoms with Crippen molar-refractivity contribution in [1.29, 1.82) is 0 Å². The highest BCUT2D eigenvalue weighted by Crippen LogP contribution is 2.25. The van der Waals surface area contributed by atoms with Crippen LogP contribution in [0.15, 0.2) is 22.7 Å². The fourth-order valence-corrected chi connectivity index (χ4v) is 2.01. The summed E-state index contributed by atoms with van der Waals surface area (Å²) in [6.45, 7) is 1.06. The summed E-state index contributed by atoms with van der Waals surface area (Å²) in [4.78, 5) is 11.6. The number of hydrogen-bond donors (Lipinski definition) is 1. The number of ether oxygens (including phenoxy) is 2. The van der Waals surface area contributed by atoms with Crippen LogP contribution in [0, 0.1) is 5.82 Å². The van der Waals surface area contributed by atoms with Crippen molar-refractivity contribution in [3.05, 3.63) is 28.5 Å². The Morgan fingerprint density at radius 2 is 2.44 bits per heavy atom. The summed E-state index contributed by atoms with van der Waals surface area (Å²) in [5.41, 5.74) is 0. The van der Waals surface area contributed by atoms with Crippen LogP contribution >= 0.6 is 15.9 Å². The molecule has 1 N–H and O–H groups in total. The van der Waals surface area contributed by atoms with E-state index in [4.69, 9.17) is 9.47 Å². The number of carbonyl (C=O) groups excluding carboxylic acids is 1. The molecule has 1 fully saturated rings. The molecule has 0 aromatic heterocycles. The first kappa shape index (κ1) is 13.3. The topological polar surface area (TPSA) is 47.6 Å². The lowest BCUT2D eigenvalue weighted by atomic mass is 10.2. The highest BCUT2D eigenvalue weighted by Gasteiger charge is 2.18. The second-order valence-electron chi connectivity index (χ2n) is 3.99. The molecule has 0 radical (unpaired) electrons. The molecule has 1 unspecified atom stereocenters. The van der Waals surface area contributed by atoms with Crippen molar-refractivity contribution in [1.82, 2.24) is 5.32 Å². The highest BCUT2D eigenvalue weighted by molar-refractivity contribution is 9.10. The molecule has 1 aromatic rings. The zero-order chi connectivity index (χ0) is 13.0. The van der Waals surface area contributed by atoms with Crippen LogP contribution in [-0.2, 0) is 9.53 Å². The van der Waals surface area contributed by atoms with Crippen molar-refractivity contribution < 1.29 is 18.7 Å². The first-order valence-corrected chi connectivity index (χ1v) is 6.39. The fraction of sp³-hybridized carbons (Fsp3) is 0.417. The van der Waals surface area contributed by atoms with Gasteiger partial charge in [-0.2, -0.15) is 0 Å². The van der Waals surface area contributed by atoms with Gasteiger partial charge in [-0.05, 0) is 34.5 Å². The number of hydrogen-bond acceptors (Lipinski definition) is 3. The number of amides is 1. The summed E-state index contributed by atoms with van der Waals surface area (Å²) in [7, 11) is 0. The van der Waals surface area contributed by atoms with E-state index in [-0.39, 0.29) is 18.6 Å². The number of rotatable bonds is 4. The maximum atomic E-state index is 13.0. The Labute approximate surface area is 113 Å². The Hall–Kier alpha value is -1.14. The van der Waals surface area contributed by atoms with Gasteiger partial charge in [-0.15, -0.1) is 0 Å². The minimum absolute atomic E-state index is 0.0528. The van der Waals surface area contributed by atoms with Crippen molar-refractivity contribution in [2.45, 2.75) is 12.5 Å². The summed E-state index contributed by atoms with van der Waals surface area (Å²) >= 11 is 3.23. The molecule has 1 aliphatic heterocycles. The summed E-state index contributed by atoms with van der Waals surface area (Å²) in [5, 5.41) is 2.79. The van der Waals surface area contributed by atoms with E-state index in [1.165, 1.54) is 18.2 Å². The third kappa shape index (κ3) is 3.68. The molecule has 1 atom stereocenters. The molecule has 1 aliphatic rings. The number of halogens is 2. The van der Waals surface area contributed by atoms with Crippen LogP contribution in [0.2, 0.25) is 0 Å². The molecule has 1 saturated heterocycles. The smallest absolute Gasteiger partial charge is 0.258 e. The third-order valence-corrected chi connectivity index (χ3v) is 3.20. The van der Waals surface area contributed by atoms with Crippen molar-refractivity contribution in [3.8, 4) is 5.75 Å². The first-order chi connectivity index (χ1) is 8.65. The van der Waals surface area contributed by atoms with Crippen LogP contribution in [0.1, 0.15) is 6.42 Å². The van der Waals surface area contributed by atoms with Crippen molar-refractivity contribution >= 4 is 21.8 Å². The summed E-state index contributed by atoms with van der Waals surface area (Å²) in [6.07, 6.45) is 0.815. The van der Waals surface area contributed by atoms with E-state index in [2.05, 4.69) is 21.2 Å². The van der Waals surface area contributed by atoms with Crippen LogP contribution in [0.4, 0.5) is 4.39 Å². The second kappa shape index (κ2) is 6.15. The van der Waals surface area contributed by atoms with E-state index in [9.17, 15) is 9.18 Å². The highest BCUT2D eigenvalue weighted by atomic mass is 79.9. The molecular weight excluding hydrogens is 305 g/mol. The Balaban J connectivity index is 1.83. The SMILES string of the molecule is O=C(COc1cc(F)ccc1Br)NC1CCOC1. The molecule has 4 nitrogen and oxygen atoms in total. The summed E-state index contributed by atoms with van der Waals surface area (Å²) < 4.78 is 24.0. The van der Waals surface area contributed by atoms with Gasteiger partial charge in [-0.3, -0.25) is 4.79 Å². The second-order valence-corrected chi connectivity index (χ2v) is 4.85. The van der Waals surface area contributed by atoms with Gasteiger partial charge in [0.2, 0.25) is 0 Å². The van der Waals surface area contributed by atoms with Crippen molar-refractivity contribution in [3.63, 3.8) is 0 Å². The number of carbonyl (C=O) groups is 1. The average molecular weight is 318 g/mol. The van der Waals surface area contributed by atoms with Gasteiger partial charge in [0.05, 0.1) is 17.1 Å². The molecule has 2 rings (SSSR count). The Morgan fingerprint density at radius 1 is 1.61 bits per heavy atom. The predicted molar refractivity (Wildman–Crippen MR) is 67.0 cm³/mol. The van der Waals surface area contributed by atoms with Crippen LogP contribution in [0.5, 0.6) is 5.75 Å². The lowest BCUT2D eigenvalue weighted by Gasteiger charge is -2.12. The van der Waals surface area contributed by atoms with Gasteiger partial charge in [-0.25, -0.2) is 4.39 Å². The maximum absolute atomic E-state index is 13.0. The van der Waals surface area contributed by atoms with E-state index in [0.717, 1.165) is 6.42 Å². The van der Waals surface area contributed by atoms with Gasteiger partial charge in [-0.1, -0.05) is 0 Å². The molecule has 1 heterocycles. The molecule has 0 saturated carbocycles. The average Bonchev–Trinajstić information content (AvgIpc) is 2.83. The zero-order valence-corrected chi connectivity index (χ0v) is 11.2. The fourth-order valence-electron chi connectivity index (χ4n) is 1.65. The van der Waals surface area contributed by atoms with E-state index < -0.39 is 5.82 Å². The quantitative estimate of drug-likeness (QED) is 0.922. The standard InChI is InChI=1S/C12H13BrFNO3/c13-10-2-1-8(14)5-11(10)18-7-12(16)15-9-3-4-17-6-9/h1-2,5,9H,3-4,6-7H2,(H,15,16). The van der Waals surface area contributed by atoms with Gasteiger partial charge in [0.1, 0.15) is 11.6 Å². The van der Waals surface area contributed by atoms with Gasteiger partial charge in [0.25, 0.3) is 5.91 Å². The normalized spacial score (nSPS) is 18.7.